The Morgan fingerprint density at radius 3 is 3.11 bits per heavy atom. The van der Waals surface area contributed by atoms with Crippen molar-refractivity contribution in [3.63, 3.8) is 0 Å². The minimum atomic E-state index is 0.416. The molecule has 1 aliphatic carbocycles. The van der Waals surface area contributed by atoms with E-state index in [-0.39, 0.29) is 0 Å². The first-order valence-corrected chi connectivity index (χ1v) is 6.79. The summed E-state index contributed by atoms with van der Waals surface area (Å²) in [4.78, 5) is 0. The first-order valence-electron chi connectivity index (χ1n) is 6.79. The van der Waals surface area contributed by atoms with Crippen molar-refractivity contribution >= 4 is 0 Å². The summed E-state index contributed by atoms with van der Waals surface area (Å²) in [6.07, 6.45) is 5.26. The lowest BCUT2D eigenvalue weighted by molar-refractivity contribution is 0.405. The maximum absolute atomic E-state index is 5.37. The molecule has 19 heavy (non-hydrogen) atoms. The van der Waals surface area contributed by atoms with E-state index in [1.807, 2.05) is 18.2 Å². The predicted octanol–water partition coefficient (Wildman–Crippen LogP) is 3.46. The molecule has 1 aromatic heterocycles. The van der Waals surface area contributed by atoms with E-state index in [9.17, 15) is 0 Å². The highest BCUT2D eigenvalue weighted by Crippen LogP contribution is 2.32. The van der Waals surface area contributed by atoms with Gasteiger partial charge in [0.25, 0.3) is 0 Å². The molecule has 3 rings (SSSR count). The molecular formula is C16H19NO2. The molecule has 3 heteroatoms. The van der Waals surface area contributed by atoms with Crippen molar-refractivity contribution in [3.05, 3.63) is 53.5 Å². The van der Waals surface area contributed by atoms with Crippen molar-refractivity contribution < 1.29 is 9.15 Å². The summed E-state index contributed by atoms with van der Waals surface area (Å²) in [5.41, 5.74) is 2.81. The molecule has 1 aromatic carbocycles. The zero-order valence-corrected chi connectivity index (χ0v) is 11.2. The molecule has 1 atom stereocenters. The fourth-order valence-electron chi connectivity index (χ4n) is 2.77. The molecule has 0 aliphatic heterocycles. The maximum atomic E-state index is 5.37. The molecule has 2 aromatic rings. The van der Waals surface area contributed by atoms with E-state index in [0.717, 1.165) is 24.5 Å². The molecule has 0 saturated heterocycles. The highest BCUT2D eigenvalue weighted by atomic mass is 16.5. The Labute approximate surface area is 113 Å². The number of methoxy groups -OCH3 is 1. The third-order valence-corrected chi connectivity index (χ3v) is 3.77. The highest BCUT2D eigenvalue weighted by molar-refractivity contribution is 5.39. The van der Waals surface area contributed by atoms with Crippen LogP contribution in [0.25, 0.3) is 0 Å². The summed E-state index contributed by atoms with van der Waals surface area (Å²) in [6.45, 7) is 0.781. The number of rotatable bonds is 4. The second-order valence-corrected chi connectivity index (χ2v) is 4.97. The van der Waals surface area contributed by atoms with E-state index in [1.54, 1.807) is 13.4 Å². The van der Waals surface area contributed by atoms with Gasteiger partial charge in [0.1, 0.15) is 11.5 Å². The Hall–Kier alpha value is -1.74. The Bertz CT molecular complexity index is 534. The molecule has 1 N–H and O–H groups in total. The molecule has 0 saturated carbocycles. The van der Waals surface area contributed by atoms with Gasteiger partial charge in [-0.2, -0.15) is 0 Å². The Morgan fingerprint density at radius 2 is 2.32 bits per heavy atom. The lowest BCUT2D eigenvalue weighted by Gasteiger charge is -2.26. The van der Waals surface area contributed by atoms with E-state index in [2.05, 4.69) is 17.4 Å². The van der Waals surface area contributed by atoms with Crippen molar-refractivity contribution in [1.29, 1.82) is 0 Å². The summed E-state index contributed by atoms with van der Waals surface area (Å²) in [7, 11) is 1.72. The smallest absolute Gasteiger partial charge is 0.119 e. The number of ether oxygens (including phenoxy) is 1. The Balaban J connectivity index is 1.74. The topological polar surface area (TPSA) is 34.4 Å². The number of aryl methyl sites for hydroxylation is 1. The molecule has 1 unspecified atom stereocenters. The molecule has 0 spiro atoms. The van der Waals surface area contributed by atoms with E-state index < -0.39 is 0 Å². The second kappa shape index (κ2) is 5.49. The Kier molecular flexibility index (Phi) is 3.56. The van der Waals surface area contributed by atoms with Crippen LogP contribution in [-0.2, 0) is 13.0 Å². The standard InChI is InChI=1S/C16H19NO2/c1-18-13-7-8-15-12(10-13)4-2-6-16(15)17-11-14-5-3-9-19-14/h3,5,7-10,16-17H,2,4,6,11H2,1H3. The summed E-state index contributed by atoms with van der Waals surface area (Å²) in [6, 6.07) is 10.7. The van der Waals surface area contributed by atoms with Gasteiger partial charge in [-0.1, -0.05) is 6.07 Å². The molecule has 1 heterocycles. The third kappa shape index (κ3) is 2.66. The first-order chi connectivity index (χ1) is 9.36. The number of furan rings is 1. The molecule has 0 fully saturated rings. The van der Waals surface area contributed by atoms with Crippen LogP contribution in [0.4, 0.5) is 0 Å². The second-order valence-electron chi connectivity index (χ2n) is 4.97. The van der Waals surface area contributed by atoms with Crippen LogP contribution >= 0.6 is 0 Å². The fourth-order valence-corrected chi connectivity index (χ4v) is 2.77. The monoisotopic (exact) mass is 257 g/mol. The molecule has 3 nitrogen and oxygen atoms in total. The van der Waals surface area contributed by atoms with Crippen LogP contribution in [0.1, 0.15) is 35.8 Å². The number of fused-ring (bicyclic) bond motifs is 1. The SMILES string of the molecule is COc1ccc2c(c1)CCCC2NCc1ccco1. The molecule has 0 amide bonds. The molecule has 0 radical (unpaired) electrons. The van der Waals surface area contributed by atoms with Gasteiger partial charge in [-0.15, -0.1) is 0 Å². The van der Waals surface area contributed by atoms with Gasteiger partial charge in [-0.05, 0) is 54.7 Å². The zero-order chi connectivity index (χ0) is 13.1. The summed E-state index contributed by atoms with van der Waals surface area (Å²) < 4.78 is 10.7. The zero-order valence-electron chi connectivity index (χ0n) is 11.2. The van der Waals surface area contributed by atoms with Gasteiger partial charge in [-0.25, -0.2) is 0 Å². The minimum Gasteiger partial charge on any atom is -0.497 e. The minimum absolute atomic E-state index is 0.416. The van der Waals surface area contributed by atoms with Crippen LogP contribution in [0.2, 0.25) is 0 Å². The molecule has 0 bridgehead atoms. The van der Waals surface area contributed by atoms with E-state index in [0.29, 0.717) is 6.04 Å². The largest absolute Gasteiger partial charge is 0.497 e. The van der Waals surface area contributed by atoms with Crippen LogP contribution in [0.5, 0.6) is 5.75 Å². The van der Waals surface area contributed by atoms with Crippen LogP contribution < -0.4 is 10.1 Å². The summed E-state index contributed by atoms with van der Waals surface area (Å²) in [5.74, 6) is 1.94. The van der Waals surface area contributed by atoms with Crippen LogP contribution in [-0.4, -0.2) is 7.11 Å². The maximum Gasteiger partial charge on any atom is 0.119 e. The van der Waals surface area contributed by atoms with Gasteiger partial charge in [0, 0.05) is 6.04 Å². The van der Waals surface area contributed by atoms with Crippen molar-refractivity contribution in [3.8, 4) is 5.75 Å². The van der Waals surface area contributed by atoms with Gasteiger partial charge >= 0.3 is 0 Å². The van der Waals surface area contributed by atoms with Crippen LogP contribution in [0.15, 0.2) is 41.0 Å². The Morgan fingerprint density at radius 1 is 1.37 bits per heavy atom. The fraction of sp³-hybridized carbons (Fsp3) is 0.375. The van der Waals surface area contributed by atoms with Gasteiger partial charge in [0.05, 0.1) is 19.9 Å². The van der Waals surface area contributed by atoms with E-state index in [1.165, 1.54) is 24.0 Å². The van der Waals surface area contributed by atoms with Crippen LogP contribution in [0.3, 0.4) is 0 Å². The van der Waals surface area contributed by atoms with Crippen molar-refractivity contribution in [1.82, 2.24) is 5.32 Å². The molecule has 1 aliphatic rings. The average molecular weight is 257 g/mol. The normalized spacial score (nSPS) is 18.1. The van der Waals surface area contributed by atoms with E-state index in [4.69, 9.17) is 9.15 Å². The van der Waals surface area contributed by atoms with Gasteiger partial charge in [-0.3, -0.25) is 0 Å². The quantitative estimate of drug-likeness (QED) is 0.911. The van der Waals surface area contributed by atoms with E-state index >= 15 is 0 Å². The lowest BCUT2D eigenvalue weighted by atomic mass is 9.87. The first kappa shape index (κ1) is 12.3. The number of hydrogen-bond donors (Lipinski definition) is 1. The van der Waals surface area contributed by atoms with Crippen molar-refractivity contribution in [2.75, 3.05) is 7.11 Å². The van der Waals surface area contributed by atoms with Crippen LogP contribution in [0, 0.1) is 0 Å². The third-order valence-electron chi connectivity index (χ3n) is 3.77. The predicted molar refractivity (Wildman–Crippen MR) is 74.2 cm³/mol. The van der Waals surface area contributed by atoms with Gasteiger partial charge in [0.15, 0.2) is 0 Å². The lowest BCUT2D eigenvalue weighted by Crippen LogP contribution is -2.24. The summed E-state index contributed by atoms with van der Waals surface area (Å²) in [5, 5.41) is 3.58. The average Bonchev–Trinajstić information content (AvgIpc) is 2.97. The number of hydrogen-bond acceptors (Lipinski definition) is 3. The number of nitrogens with one attached hydrogen (secondary N) is 1. The van der Waals surface area contributed by atoms with Crippen molar-refractivity contribution in [2.24, 2.45) is 0 Å². The van der Waals surface area contributed by atoms with Gasteiger partial charge in [0.2, 0.25) is 0 Å². The van der Waals surface area contributed by atoms with Gasteiger partial charge < -0.3 is 14.5 Å². The molecule has 100 valence electrons. The number of benzene rings is 1. The molecular weight excluding hydrogens is 238 g/mol. The summed E-state index contributed by atoms with van der Waals surface area (Å²) >= 11 is 0. The highest BCUT2D eigenvalue weighted by Gasteiger charge is 2.20. The van der Waals surface area contributed by atoms with Crippen molar-refractivity contribution in [2.45, 2.75) is 31.8 Å².